The number of allylic oxidation sites excluding steroid dienone is 1. The molecule has 1 N–H and O–H groups in total. The molecule has 176 valence electrons. The molecule has 0 aliphatic rings. The molecule has 0 bridgehead atoms. The molecule has 0 aliphatic heterocycles. The lowest BCUT2D eigenvalue weighted by Gasteiger charge is -2.12. The van der Waals surface area contributed by atoms with E-state index >= 15 is 0 Å². The van der Waals surface area contributed by atoms with Crippen LogP contribution in [0.15, 0.2) is 66.9 Å². The molecule has 0 radical (unpaired) electrons. The number of ketones is 1. The van der Waals surface area contributed by atoms with Crippen LogP contribution in [0.25, 0.3) is 12.2 Å². The van der Waals surface area contributed by atoms with Crippen LogP contribution in [0, 0.1) is 5.82 Å². The van der Waals surface area contributed by atoms with E-state index in [4.69, 9.17) is 18.9 Å². The van der Waals surface area contributed by atoms with Crippen molar-refractivity contribution in [2.45, 2.75) is 0 Å². The van der Waals surface area contributed by atoms with Crippen LogP contribution in [0.3, 0.4) is 0 Å². The van der Waals surface area contributed by atoms with Gasteiger partial charge in [-0.2, -0.15) is 0 Å². The lowest BCUT2D eigenvalue weighted by Crippen LogP contribution is -1.98. The zero-order valence-electron chi connectivity index (χ0n) is 19.4. The summed E-state index contributed by atoms with van der Waals surface area (Å²) in [6.07, 6.45) is 6.77. The van der Waals surface area contributed by atoms with Crippen LogP contribution in [0.1, 0.15) is 21.5 Å². The van der Waals surface area contributed by atoms with Gasteiger partial charge in [-0.3, -0.25) is 4.79 Å². The van der Waals surface area contributed by atoms with Crippen LogP contribution >= 0.6 is 0 Å². The number of halogens is 1. The van der Waals surface area contributed by atoms with E-state index in [1.165, 1.54) is 31.5 Å². The number of methoxy groups -OCH3 is 4. The van der Waals surface area contributed by atoms with E-state index in [0.717, 1.165) is 22.9 Å². The molecule has 0 atom stereocenters. The molecule has 6 nitrogen and oxygen atoms in total. The normalized spacial score (nSPS) is 11.0. The zero-order chi connectivity index (χ0) is 24.5. The minimum absolute atomic E-state index is 0.0954. The van der Waals surface area contributed by atoms with Gasteiger partial charge in [0.2, 0.25) is 5.75 Å². The fourth-order valence-corrected chi connectivity index (χ4v) is 3.21. The van der Waals surface area contributed by atoms with Gasteiger partial charge in [0.25, 0.3) is 0 Å². The number of hydrogen-bond donors (Lipinski definition) is 1. The molecule has 34 heavy (non-hydrogen) atoms. The molecule has 3 aromatic rings. The fraction of sp³-hybridized carbons (Fsp3) is 0.148. The van der Waals surface area contributed by atoms with Crippen molar-refractivity contribution < 1.29 is 28.1 Å². The molecule has 0 aromatic heterocycles. The molecular formula is C27H26FNO5. The summed E-state index contributed by atoms with van der Waals surface area (Å²) >= 11 is 0. The first-order valence-electron chi connectivity index (χ1n) is 10.4. The number of ether oxygens (including phenoxy) is 4. The first-order valence-corrected chi connectivity index (χ1v) is 10.4. The van der Waals surface area contributed by atoms with Crippen LogP contribution in [-0.4, -0.2) is 34.2 Å². The maximum atomic E-state index is 13.8. The lowest BCUT2D eigenvalue weighted by molar-refractivity contribution is 0.104. The lowest BCUT2D eigenvalue weighted by atomic mass is 10.1. The fourth-order valence-electron chi connectivity index (χ4n) is 3.21. The monoisotopic (exact) mass is 463 g/mol. The Kier molecular flexibility index (Phi) is 8.29. The quantitative estimate of drug-likeness (QED) is 0.232. The largest absolute Gasteiger partial charge is 0.494 e. The summed E-state index contributed by atoms with van der Waals surface area (Å²) in [5.74, 6) is 0.905. The zero-order valence-corrected chi connectivity index (χ0v) is 19.4. The summed E-state index contributed by atoms with van der Waals surface area (Å²) in [7, 11) is 6.09. The Bertz CT molecular complexity index is 1180. The minimum atomic E-state index is -0.579. The third-order valence-corrected chi connectivity index (χ3v) is 4.99. The van der Waals surface area contributed by atoms with Gasteiger partial charge in [-0.15, -0.1) is 0 Å². The summed E-state index contributed by atoms with van der Waals surface area (Å²) in [5, 5.41) is 3.04. The van der Waals surface area contributed by atoms with Gasteiger partial charge in [0.1, 0.15) is 0 Å². The van der Waals surface area contributed by atoms with Gasteiger partial charge < -0.3 is 24.3 Å². The van der Waals surface area contributed by atoms with Crippen molar-refractivity contribution in [1.29, 1.82) is 0 Å². The topological polar surface area (TPSA) is 66.0 Å². The SMILES string of the molecule is COc1ccc(C(=O)C=CNc2ccc(C=Cc3cc(OC)c(OC)c(OC)c3)cc2)cc1F. The summed E-state index contributed by atoms with van der Waals surface area (Å²) in [4.78, 5) is 12.2. The van der Waals surface area contributed by atoms with Crippen molar-refractivity contribution in [3.05, 3.63) is 89.4 Å². The maximum absolute atomic E-state index is 13.8. The van der Waals surface area contributed by atoms with Crippen LogP contribution < -0.4 is 24.3 Å². The van der Waals surface area contributed by atoms with Crippen molar-refractivity contribution >= 4 is 23.6 Å². The number of anilines is 1. The van der Waals surface area contributed by atoms with Crippen LogP contribution in [0.5, 0.6) is 23.0 Å². The number of rotatable bonds is 10. The Hall–Kier alpha value is -4.26. The van der Waals surface area contributed by atoms with Crippen molar-refractivity contribution in [2.24, 2.45) is 0 Å². The number of nitrogens with one attached hydrogen (secondary N) is 1. The van der Waals surface area contributed by atoms with E-state index in [-0.39, 0.29) is 17.1 Å². The molecule has 7 heteroatoms. The Morgan fingerprint density at radius 2 is 1.38 bits per heavy atom. The van der Waals surface area contributed by atoms with Gasteiger partial charge in [-0.1, -0.05) is 24.3 Å². The summed E-state index contributed by atoms with van der Waals surface area (Å²) in [6.45, 7) is 0. The highest BCUT2D eigenvalue weighted by Crippen LogP contribution is 2.38. The van der Waals surface area contributed by atoms with Gasteiger partial charge in [-0.25, -0.2) is 4.39 Å². The molecule has 0 saturated carbocycles. The smallest absolute Gasteiger partial charge is 0.203 e. The van der Waals surface area contributed by atoms with E-state index in [0.29, 0.717) is 17.2 Å². The Morgan fingerprint density at radius 1 is 0.765 bits per heavy atom. The van der Waals surface area contributed by atoms with E-state index in [9.17, 15) is 9.18 Å². The molecular weight excluding hydrogens is 437 g/mol. The first-order chi connectivity index (χ1) is 16.5. The predicted molar refractivity (Wildman–Crippen MR) is 132 cm³/mol. The molecule has 0 saturated heterocycles. The van der Waals surface area contributed by atoms with Gasteiger partial charge in [0.15, 0.2) is 28.8 Å². The number of carbonyl (C=O) groups excluding carboxylic acids is 1. The Labute approximate surface area is 198 Å². The molecule has 0 amide bonds. The van der Waals surface area contributed by atoms with Gasteiger partial charge in [0, 0.05) is 23.5 Å². The van der Waals surface area contributed by atoms with E-state index < -0.39 is 5.82 Å². The summed E-state index contributed by atoms with van der Waals surface area (Å²) in [5.41, 5.74) is 2.92. The molecule has 0 spiro atoms. The Balaban J connectivity index is 1.63. The second-order valence-electron chi connectivity index (χ2n) is 7.11. The maximum Gasteiger partial charge on any atom is 0.203 e. The Morgan fingerprint density at radius 3 is 1.94 bits per heavy atom. The molecule has 0 heterocycles. The molecule has 0 fully saturated rings. The summed E-state index contributed by atoms with van der Waals surface area (Å²) < 4.78 is 34.8. The van der Waals surface area contributed by atoms with E-state index in [1.807, 2.05) is 48.6 Å². The van der Waals surface area contributed by atoms with Gasteiger partial charge in [0.05, 0.1) is 28.4 Å². The summed E-state index contributed by atoms with van der Waals surface area (Å²) in [6, 6.07) is 15.5. The third-order valence-electron chi connectivity index (χ3n) is 4.99. The molecule has 3 aromatic carbocycles. The molecule has 0 aliphatic carbocycles. The minimum Gasteiger partial charge on any atom is -0.494 e. The second kappa shape index (κ2) is 11.6. The van der Waals surface area contributed by atoms with Crippen molar-refractivity contribution in [3.8, 4) is 23.0 Å². The average molecular weight is 464 g/mol. The first kappa shape index (κ1) is 24.4. The van der Waals surface area contributed by atoms with Crippen LogP contribution in [0.2, 0.25) is 0 Å². The van der Waals surface area contributed by atoms with Crippen LogP contribution in [-0.2, 0) is 0 Å². The van der Waals surface area contributed by atoms with E-state index in [2.05, 4.69) is 5.32 Å². The highest BCUT2D eigenvalue weighted by atomic mass is 19.1. The van der Waals surface area contributed by atoms with Gasteiger partial charge in [-0.05, 0) is 53.6 Å². The second-order valence-corrected chi connectivity index (χ2v) is 7.11. The highest BCUT2D eigenvalue weighted by Gasteiger charge is 2.12. The van der Waals surface area contributed by atoms with Crippen LogP contribution in [0.4, 0.5) is 10.1 Å². The number of carbonyl (C=O) groups is 1. The van der Waals surface area contributed by atoms with Crippen molar-refractivity contribution in [3.63, 3.8) is 0 Å². The molecule has 0 unspecified atom stereocenters. The third kappa shape index (κ3) is 5.95. The standard InChI is InChI=1S/C27H26FNO5/c1-31-24-12-9-20(17-22(24)28)23(30)13-14-29-21-10-7-18(8-11-21)5-6-19-15-25(32-2)27(34-4)26(16-19)33-3/h5-17,29H,1-4H3. The predicted octanol–water partition coefficient (Wildman–Crippen LogP) is 5.84. The van der Waals surface area contributed by atoms with Crippen molar-refractivity contribution in [1.82, 2.24) is 0 Å². The number of hydrogen-bond acceptors (Lipinski definition) is 6. The van der Waals surface area contributed by atoms with E-state index in [1.54, 1.807) is 21.3 Å². The number of benzene rings is 3. The van der Waals surface area contributed by atoms with Crippen molar-refractivity contribution in [2.75, 3.05) is 33.8 Å². The molecule has 3 rings (SSSR count). The average Bonchev–Trinajstić information content (AvgIpc) is 2.87. The van der Waals surface area contributed by atoms with Gasteiger partial charge >= 0.3 is 0 Å². The highest BCUT2D eigenvalue weighted by molar-refractivity contribution is 6.04.